The zero-order valence-electron chi connectivity index (χ0n) is 9.95. The highest BCUT2D eigenvalue weighted by molar-refractivity contribution is 5.84. The Morgan fingerprint density at radius 3 is 2.59 bits per heavy atom. The van der Waals surface area contributed by atoms with Crippen molar-refractivity contribution in [3.8, 4) is 0 Å². The first-order valence-corrected chi connectivity index (χ1v) is 6.00. The highest BCUT2D eigenvalue weighted by atomic mass is 16.4. The molecule has 1 aliphatic rings. The van der Waals surface area contributed by atoms with E-state index in [1.165, 1.54) is 18.9 Å². The first-order chi connectivity index (χ1) is 8.13. The summed E-state index contributed by atoms with van der Waals surface area (Å²) >= 11 is 0. The van der Waals surface area contributed by atoms with Gasteiger partial charge in [-0.25, -0.2) is 4.79 Å². The fraction of sp³-hybridized carbons (Fsp3) is 0.667. The van der Waals surface area contributed by atoms with Gasteiger partial charge in [0.15, 0.2) is 0 Å². The average molecular weight is 240 g/mol. The van der Waals surface area contributed by atoms with E-state index in [0.717, 1.165) is 12.8 Å². The number of carboxylic acids is 1. The maximum absolute atomic E-state index is 11.5. The Labute approximate surface area is 101 Å². The van der Waals surface area contributed by atoms with Crippen molar-refractivity contribution in [1.82, 2.24) is 10.6 Å². The summed E-state index contributed by atoms with van der Waals surface area (Å²) in [4.78, 5) is 22.3. The Bertz CT molecular complexity index is 285. The van der Waals surface area contributed by atoms with Crippen LogP contribution < -0.4 is 10.6 Å². The van der Waals surface area contributed by atoms with Crippen LogP contribution in [0.1, 0.15) is 32.1 Å². The molecule has 0 heterocycles. The first kappa shape index (κ1) is 13.7. The van der Waals surface area contributed by atoms with E-state index in [1.54, 1.807) is 0 Å². The quantitative estimate of drug-likeness (QED) is 0.571. The lowest BCUT2D eigenvalue weighted by molar-refractivity contribution is -0.141. The van der Waals surface area contributed by atoms with Gasteiger partial charge in [0.05, 0.1) is 6.54 Å². The minimum Gasteiger partial charge on any atom is -0.480 e. The molecule has 0 unspecified atom stereocenters. The number of carbonyl (C=O) groups is 2. The lowest BCUT2D eigenvalue weighted by atomic mass is 10.2. The lowest BCUT2D eigenvalue weighted by Crippen LogP contribution is -2.45. The van der Waals surface area contributed by atoms with E-state index in [9.17, 15) is 9.59 Å². The van der Waals surface area contributed by atoms with Gasteiger partial charge in [0.1, 0.15) is 6.04 Å². The number of carboxylic acid groups (broad SMARTS) is 1. The van der Waals surface area contributed by atoms with Gasteiger partial charge in [-0.3, -0.25) is 4.79 Å². The van der Waals surface area contributed by atoms with Crippen molar-refractivity contribution in [1.29, 1.82) is 0 Å². The van der Waals surface area contributed by atoms with Crippen LogP contribution in [-0.4, -0.2) is 35.6 Å². The molecule has 1 rings (SSSR count). The van der Waals surface area contributed by atoms with E-state index in [1.807, 2.05) is 0 Å². The second-order valence-corrected chi connectivity index (χ2v) is 4.34. The largest absolute Gasteiger partial charge is 0.480 e. The molecule has 3 N–H and O–H groups in total. The minimum atomic E-state index is -1.03. The molecule has 1 fully saturated rings. The number of amides is 1. The van der Waals surface area contributed by atoms with Crippen molar-refractivity contribution in [2.75, 3.05) is 6.54 Å². The molecule has 1 aliphatic carbocycles. The molecule has 5 heteroatoms. The van der Waals surface area contributed by atoms with Crippen LogP contribution in [0.5, 0.6) is 0 Å². The van der Waals surface area contributed by atoms with Crippen molar-refractivity contribution >= 4 is 11.9 Å². The fourth-order valence-electron chi connectivity index (χ4n) is 2.00. The summed E-state index contributed by atoms with van der Waals surface area (Å²) in [5.74, 6) is -1.30. The van der Waals surface area contributed by atoms with E-state index in [-0.39, 0.29) is 18.9 Å². The number of rotatable bonds is 7. The molecule has 1 atom stereocenters. The molecule has 96 valence electrons. The normalized spacial score (nSPS) is 17.6. The third-order valence-corrected chi connectivity index (χ3v) is 2.94. The van der Waals surface area contributed by atoms with Gasteiger partial charge in [-0.2, -0.15) is 0 Å². The van der Waals surface area contributed by atoms with Gasteiger partial charge < -0.3 is 15.7 Å². The molecule has 0 aliphatic heterocycles. The van der Waals surface area contributed by atoms with Crippen LogP contribution in [-0.2, 0) is 9.59 Å². The topological polar surface area (TPSA) is 78.4 Å². The van der Waals surface area contributed by atoms with E-state index in [4.69, 9.17) is 5.11 Å². The van der Waals surface area contributed by atoms with Crippen LogP contribution in [0.3, 0.4) is 0 Å². The predicted octanol–water partition coefficient (Wildman–Crippen LogP) is 0.664. The third-order valence-electron chi connectivity index (χ3n) is 2.94. The Hall–Kier alpha value is -1.36. The molecule has 0 saturated heterocycles. The van der Waals surface area contributed by atoms with Gasteiger partial charge in [0.2, 0.25) is 5.91 Å². The van der Waals surface area contributed by atoms with Crippen molar-refractivity contribution in [2.24, 2.45) is 0 Å². The van der Waals surface area contributed by atoms with Crippen LogP contribution in [0.25, 0.3) is 0 Å². The molecule has 0 aromatic carbocycles. The molecule has 17 heavy (non-hydrogen) atoms. The highest BCUT2D eigenvalue weighted by Gasteiger charge is 2.19. The van der Waals surface area contributed by atoms with Gasteiger partial charge in [-0.05, 0) is 19.3 Å². The SMILES string of the molecule is C=CC[C@@H](NC(=O)CNC1CCCC1)C(=O)O. The molecule has 0 radical (unpaired) electrons. The number of carbonyl (C=O) groups excluding carboxylic acids is 1. The summed E-state index contributed by atoms with van der Waals surface area (Å²) < 4.78 is 0. The molecule has 1 saturated carbocycles. The summed E-state index contributed by atoms with van der Waals surface area (Å²) in [5, 5.41) is 14.5. The molecule has 5 nitrogen and oxygen atoms in total. The number of hydrogen-bond acceptors (Lipinski definition) is 3. The average Bonchev–Trinajstić information content (AvgIpc) is 2.78. The highest BCUT2D eigenvalue weighted by Crippen LogP contribution is 2.17. The Morgan fingerprint density at radius 1 is 1.41 bits per heavy atom. The summed E-state index contributed by atoms with van der Waals surface area (Å²) in [6, 6.07) is -0.464. The lowest BCUT2D eigenvalue weighted by Gasteiger charge is -2.15. The zero-order valence-corrected chi connectivity index (χ0v) is 9.95. The number of nitrogens with one attached hydrogen (secondary N) is 2. The van der Waals surface area contributed by atoms with Gasteiger partial charge in [0.25, 0.3) is 0 Å². The van der Waals surface area contributed by atoms with E-state index >= 15 is 0 Å². The molecular weight excluding hydrogens is 220 g/mol. The Kier molecular flexibility index (Phi) is 5.69. The van der Waals surface area contributed by atoms with Crippen molar-refractivity contribution in [3.63, 3.8) is 0 Å². The smallest absolute Gasteiger partial charge is 0.326 e. The van der Waals surface area contributed by atoms with Gasteiger partial charge in [0, 0.05) is 6.04 Å². The molecule has 0 bridgehead atoms. The van der Waals surface area contributed by atoms with Crippen molar-refractivity contribution < 1.29 is 14.7 Å². The summed E-state index contributed by atoms with van der Waals surface area (Å²) in [5.41, 5.74) is 0. The first-order valence-electron chi connectivity index (χ1n) is 6.00. The maximum Gasteiger partial charge on any atom is 0.326 e. The van der Waals surface area contributed by atoms with Crippen molar-refractivity contribution in [3.05, 3.63) is 12.7 Å². The molecular formula is C12H20N2O3. The number of aliphatic carboxylic acids is 1. The number of hydrogen-bond donors (Lipinski definition) is 3. The van der Waals surface area contributed by atoms with Gasteiger partial charge in [-0.1, -0.05) is 18.9 Å². The minimum absolute atomic E-state index is 0.186. The molecule has 0 aromatic heterocycles. The summed E-state index contributed by atoms with van der Waals surface area (Å²) in [6.07, 6.45) is 6.33. The van der Waals surface area contributed by atoms with Crippen LogP contribution in [0.4, 0.5) is 0 Å². The van der Waals surface area contributed by atoms with E-state index in [2.05, 4.69) is 17.2 Å². The van der Waals surface area contributed by atoms with Crippen LogP contribution in [0.2, 0.25) is 0 Å². The Balaban J connectivity index is 2.26. The van der Waals surface area contributed by atoms with Crippen LogP contribution in [0, 0.1) is 0 Å². The van der Waals surface area contributed by atoms with Gasteiger partial charge >= 0.3 is 5.97 Å². The van der Waals surface area contributed by atoms with Gasteiger partial charge in [-0.15, -0.1) is 6.58 Å². The monoisotopic (exact) mass is 240 g/mol. The van der Waals surface area contributed by atoms with Crippen LogP contribution in [0.15, 0.2) is 12.7 Å². The van der Waals surface area contributed by atoms with Crippen molar-refractivity contribution in [2.45, 2.75) is 44.2 Å². The molecule has 1 amide bonds. The maximum atomic E-state index is 11.5. The second-order valence-electron chi connectivity index (χ2n) is 4.34. The fourth-order valence-corrected chi connectivity index (χ4v) is 2.00. The third kappa shape index (κ3) is 4.99. The predicted molar refractivity (Wildman–Crippen MR) is 64.6 cm³/mol. The summed E-state index contributed by atoms with van der Waals surface area (Å²) in [7, 11) is 0. The molecule has 0 spiro atoms. The Morgan fingerprint density at radius 2 is 2.06 bits per heavy atom. The van der Waals surface area contributed by atoms with Crippen LogP contribution >= 0.6 is 0 Å². The van der Waals surface area contributed by atoms with E-state index < -0.39 is 12.0 Å². The van der Waals surface area contributed by atoms with E-state index in [0.29, 0.717) is 6.04 Å². The summed E-state index contributed by atoms with van der Waals surface area (Å²) in [6.45, 7) is 3.66. The zero-order chi connectivity index (χ0) is 12.7. The second kappa shape index (κ2) is 7.06. The standard InChI is InChI=1S/C12H20N2O3/c1-2-5-10(12(16)17)14-11(15)8-13-9-6-3-4-7-9/h2,9-10,13H,1,3-8H2,(H,14,15)(H,16,17)/t10-/m1/s1. The molecule has 0 aromatic rings.